The fourth-order valence-electron chi connectivity index (χ4n) is 2.88. The molecule has 0 fully saturated rings. The van der Waals surface area contributed by atoms with Crippen LogP contribution in [0, 0.1) is 6.92 Å². The quantitative estimate of drug-likeness (QED) is 0.417. The predicted molar refractivity (Wildman–Crippen MR) is 114 cm³/mol. The number of benzene rings is 2. The molecule has 0 spiro atoms. The van der Waals surface area contributed by atoms with Crippen LogP contribution in [0.3, 0.4) is 0 Å². The first-order valence-electron chi connectivity index (χ1n) is 9.19. The minimum Gasteiger partial charge on any atom is -0.350 e. The summed E-state index contributed by atoms with van der Waals surface area (Å²) in [5.41, 5.74) is 2.04. The van der Waals surface area contributed by atoms with Gasteiger partial charge in [0.25, 0.3) is 0 Å². The smallest absolute Gasteiger partial charge is 0.220 e. The lowest BCUT2D eigenvalue weighted by Gasteiger charge is -2.14. The molecule has 0 saturated heterocycles. The molecule has 1 N–H and O–H groups in total. The van der Waals surface area contributed by atoms with Gasteiger partial charge in [0.05, 0.1) is 11.7 Å². The van der Waals surface area contributed by atoms with Crippen LogP contribution in [-0.2, 0) is 4.79 Å². The lowest BCUT2D eigenvalue weighted by Crippen LogP contribution is -2.26. The van der Waals surface area contributed by atoms with Crippen molar-refractivity contribution in [3.63, 3.8) is 0 Å². The largest absolute Gasteiger partial charge is 0.350 e. The fraction of sp³-hybridized carbons (Fsp3) is 0.286. The third-order valence-corrected chi connectivity index (χ3v) is 5.57. The van der Waals surface area contributed by atoms with Gasteiger partial charge >= 0.3 is 0 Å². The number of nitrogens with one attached hydrogen (secondary N) is 1. The molecule has 0 aliphatic heterocycles. The highest BCUT2D eigenvalue weighted by Gasteiger charge is 2.13. The number of hydrogen-bond donors (Lipinski definition) is 1. The average Bonchev–Trinajstić information content (AvgIpc) is 3.06. The van der Waals surface area contributed by atoms with Crippen molar-refractivity contribution < 1.29 is 4.79 Å². The van der Waals surface area contributed by atoms with Gasteiger partial charge in [0.15, 0.2) is 5.16 Å². The highest BCUT2D eigenvalue weighted by molar-refractivity contribution is 7.99. The summed E-state index contributed by atoms with van der Waals surface area (Å²) in [6.07, 6.45) is 1.24. The zero-order valence-corrected chi connectivity index (χ0v) is 17.5. The Kier molecular flexibility index (Phi) is 7.12. The van der Waals surface area contributed by atoms with Gasteiger partial charge in [-0.05, 0) is 44.0 Å². The minimum atomic E-state index is 0.00919. The van der Waals surface area contributed by atoms with E-state index in [1.54, 1.807) is 11.8 Å². The SMILES string of the molecule is Cc1nnc(SCCCC(=O)NC(C)c2ccccc2)n1-c1cccc(Cl)c1. The molecule has 0 radical (unpaired) electrons. The van der Waals surface area contributed by atoms with Crippen molar-refractivity contribution >= 4 is 29.3 Å². The Morgan fingerprint density at radius 3 is 2.71 bits per heavy atom. The van der Waals surface area contributed by atoms with E-state index in [1.807, 2.05) is 73.0 Å². The molecule has 0 saturated carbocycles. The molecule has 2 aromatic carbocycles. The van der Waals surface area contributed by atoms with Crippen LogP contribution in [0.2, 0.25) is 5.02 Å². The van der Waals surface area contributed by atoms with Crippen molar-refractivity contribution in [3.8, 4) is 5.69 Å². The molecule has 1 amide bonds. The van der Waals surface area contributed by atoms with Crippen molar-refractivity contribution in [1.29, 1.82) is 0 Å². The molecule has 1 unspecified atom stereocenters. The van der Waals surface area contributed by atoms with Gasteiger partial charge in [-0.2, -0.15) is 0 Å². The molecule has 28 heavy (non-hydrogen) atoms. The number of carbonyl (C=O) groups excluding carboxylic acids is 1. The molecule has 1 heterocycles. The van der Waals surface area contributed by atoms with Gasteiger partial charge in [-0.3, -0.25) is 9.36 Å². The molecule has 7 heteroatoms. The first-order chi connectivity index (χ1) is 13.5. The van der Waals surface area contributed by atoms with Gasteiger partial charge in [0.2, 0.25) is 5.91 Å². The van der Waals surface area contributed by atoms with E-state index in [4.69, 9.17) is 11.6 Å². The zero-order valence-electron chi connectivity index (χ0n) is 15.9. The van der Waals surface area contributed by atoms with Crippen LogP contribution in [0.25, 0.3) is 5.69 Å². The molecule has 1 aromatic heterocycles. The number of thioether (sulfide) groups is 1. The minimum absolute atomic E-state index is 0.00919. The van der Waals surface area contributed by atoms with Crippen molar-refractivity contribution in [2.24, 2.45) is 0 Å². The maximum absolute atomic E-state index is 12.2. The fourth-order valence-corrected chi connectivity index (χ4v) is 4.00. The van der Waals surface area contributed by atoms with Gasteiger partial charge in [-0.15, -0.1) is 10.2 Å². The normalized spacial score (nSPS) is 12.0. The predicted octanol–water partition coefficient (Wildman–Crippen LogP) is 4.98. The Morgan fingerprint density at radius 1 is 1.18 bits per heavy atom. The Balaban J connectivity index is 1.50. The molecule has 0 bridgehead atoms. The maximum Gasteiger partial charge on any atom is 0.220 e. The third kappa shape index (κ3) is 5.36. The highest BCUT2D eigenvalue weighted by Crippen LogP contribution is 2.24. The van der Waals surface area contributed by atoms with Crippen molar-refractivity contribution in [1.82, 2.24) is 20.1 Å². The second-order valence-corrected chi connectivity index (χ2v) is 8.00. The number of nitrogens with zero attached hydrogens (tertiary/aromatic N) is 3. The molecule has 1 atom stereocenters. The summed E-state index contributed by atoms with van der Waals surface area (Å²) in [4.78, 5) is 12.2. The molecule has 5 nitrogen and oxygen atoms in total. The van der Waals surface area contributed by atoms with Crippen LogP contribution in [0.5, 0.6) is 0 Å². The van der Waals surface area contributed by atoms with Crippen LogP contribution < -0.4 is 5.32 Å². The van der Waals surface area contributed by atoms with Gasteiger partial charge in [-0.1, -0.05) is 59.8 Å². The Hall–Kier alpha value is -2.31. The average molecular weight is 415 g/mol. The summed E-state index contributed by atoms with van der Waals surface area (Å²) in [6.45, 7) is 3.91. The molecule has 0 aliphatic carbocycles. The van der Waals surface area contributed by atoms with Crippen LogP contribution in [-0.4, -0.2) is 26.4 Å². The zero-order chi connectivity index (χ0) is 19.9. The lowest BCUT2D eigenvalue weighted by atomic mass is 10.1. The number of aryl methyl sites for hydroxylation is 1. The number of halogens is 1. The second kappa shape index (κ2) is 9.75. The number of amides is 1. The maximum atomic E-state index is 12.2. The summed E-state index contributed by atoms with van der Waals surface area (Å²) >= 11 is 7.70. The molecule has 3 rings (SSSR count). The van der Waals surface area contributed by atoms with E-state index >= 15 is 0 Å². The molecule has 146 valence electrons. The van der Waals surface area contributed by atoms with E-state index in [0.29, 0.717) is 11.4 Å². The van der Waals surface area contributed by atoms with E-state index < -0.39 is 0 Å². The summed E-state index contributed by atoms with van der Waals surface area (Å²) in [5, 5.41) is 13.0. The number of carbonyl (C=O) groups is 1. The topological polar surface area (TPSA) is 59.8 Å². The van der Waals surface area contributed by atoms with Crippen molar-refractivity contribution in [3.05, 3.63) is 71.0 Å². The van der Waals surface area contributed by atoms with Crippen LogP contribution in [0.15, 0.2) is 59.8 Å². The number of rotatable bonds is 8. The second-order valence-electron chi connectivity index (χ2n) is 6.50. The summed E-state index contributed by atoms with van der Waals surface area (Å²) in [7, 11) is 0. The number of aromatic nitrogens is 3. The van der Waals surface area contributed by atoms with Crippen LogP contribution in [0.4, 0.5) is 0 Å². The molecule has 3 aromatic rings. The van der Waals surface area contributed by atoms with Gasteiger partial charge in [0, 0.05) is 17.2 Å². The molecule has 0 aliphatic rings. The highest BCUT2D eigenvalue weighted by atomic mass is 35.5. The van der Waals surface area contributed by atoms with Crippen molar-refractivity contribution in [2.45, 2.75) is 37.9 Å². The van der Waals surface area contributed by atoms with E-state index in [1.165, 1.54) is 0 Å². The third-order valence-electron chi connectivity index (χ3n) is 4.32. The van der Waals surface area contributed by atoms with E-state index in [9.17, 15) is 4.79 Å². The standard InChI is InChI=1S/C21H23ClN4OS/c1-15(17-8-4-3-5-9-17)23-20(27)12-7-13-28-21-25-24-16(2)26(21)19-11-6-10-18(22)14-19/h3-6,8-11,14-15H,7,12-13H2,1-2H3,(H,23,27). The number of hydrogen-bond acceptors (Lipinski definition) is 4. The Labute approximate surface area is 174 Å². The van der Waals surface area contributed by atoms with E-state index in [-0.39, 0.29) is 11.9 Å². The van der Waals surface area contributed by atoms with Crippen LogP contribution in [0.1, 0.15) is 37.2 Å². The summed E-state index contributed by atoms with van der Waals surface area (Å²) < 4.78 is 1.98. The van der Waals surface area contributed by atoms with E-state index in [0.717, 1.165) is 34.4 Å². The van der Waals surface area contributed by atoms with Gasteiger partial charge in [-0.25, -0.2) is 0 Å². The molecular formula is C21H23ClN4OS. The first-order valence-corrected chi connectivity index (χ1v) is 10.6. The van der Waals surface area contributed by atoms with Gasteiger partial charge < -0.3 is 5.32 Å². The van der Waals surface area contributed by atoms with E-state index in [2.05, 4.69) is 15.5 Å². The Morgan fingerprint density at radius 2 is 1.96 bits per heavy atom. The first kappa shape index (κ1) is 20.4. The summed E-state index contributed by atoms with van der Waals surface area (Å²) in [5.74, 6) is 1.65. The molecular weight excluding hydrogens is 392 g/mol. The summed E-state index contributed by atoms with van der Waals surface area (Å²) in [6, 6.07) is 17.6. The Bertz CT molecular complexity index is 929. The van der Waals surface area contributed by atoms with Crippen LogP contribution >= 0.6 is 23.4 Å². The monoisotopic (exact) mass is 414 g/mol. The van der Waals surface area contributed by atoms with Crippen molar-refractivity contribution in [2.75, 3.05) is 5.75 Å². The van der Waals surface area contributed by atoms with Gasteiger partial charge in [0.1, 0.15) is 5.82 Å². The lowest BCUT2D eigenvalue weighted by molar-refractivity contribution is -0.121.